The Bertz CT molecular complexity index is 411. The van der Waals surface area contributed by atoms with Crippen molar-refractivity contribution in [2.45, 2.75) is 58.0 Å². The minimum atomic E-state index is -0.252. The molecule has 0 aromatic rings. The van der Waals surface area contributed by atoms with Gasteiger partial charge < -0.3 is 20.3 Å². The molecule has 3 amide bonds. The van der Waals surface area contributed by atoms with Gasteiger partial charge in [0.05, 0.1) is 6.61 Å². The van der Waals surface area contributed by atoms with Gasteiger partial charge in [0.25, 0.3) is 0 Å². The highest BCUT2D eigenvalue weighted by Crippen LogP contribution is 2.16. The Kier molecular flexibility index (Phi) is 7.62. The van der Waals surface area contributed by atoms with Crippen LogP contribution in [-0.2, 0) is 4.74 Å². The van der Waals surface area contributed by atoms with Crippen LogP contribution in [0.15, 0.2) is 0 Å². The molecule has 7 heteroatoms. The Morgan fingerprint density at radius 3 is 2.50 bits per heavy atom. The molecule has 2 heterocycles. The molecule has 0 saturated carbocycles. The van der Waals surface area contributed by atoms with E-state index in [1.54, 1.807) is 4.90 Å². The molecule has 24 heavy (non-hydrogen) atoms. The topological polar surface area (TPSA) is 73.9 Å². The number of ether oxygens (including phenoxy) is 1. The van der Waals surface area contributed by atoms with Gasteiger partial charge in [-0.25, -0.2) is 9.59 Å². The maximum Gasteiger partial charge on any atom is 0.409 e. The quantitative estimate of drug-likeness (QED) is 0.800. The van der Waals surface area contributed by atoms with Gasteiger partial charge in [-0.3, -0.25) is 4.90 Å². The Morgan fingerprint density at radius 1 is 1.08 bits per heavy atom. The molecule has 7 nitrogen and oxygen atoms in total. The summed E-state index contributed by atoms with van der Waals surface area (Å²) in [6, 6.07) is 0.496. The standard InChI is InChI=1S/C17H32N4O3/c1-3-20-10-6-5-7-15(20)13-18-16(22)19-14-8-11-21(12-9-14)17(23)24-4-2/h14-15H,3-13H2,1-2H3,(H2,18,19,22). The SMILES string of the molecule is CCOC(=O)N1CCC(NC(=O)NCC2CCCCN2CC)CC1. The van der Waals surface area contributed by atoms with Crippen molar-refractivity contribution in [3.63, 3.8) is 0 Å². The summed E-state index contributed by atoms with van der Waals surface area (Å²) >= 11 is 0. The lowest BCUT2D eigenvalue weighted by molar-refractivity contribution is 0.0956. The van der Waals surface area contributed by atoms with Crippen LogP contribution in [0.3, 0.4) is 0 Å². The third kappa shape index (κ3) is 5.54. The lowest BCUT2D eigenvalue weighted by atomic mass is 10.0. The first-order valence-electron chi connectivity index (χ1n) is 9.34. The molecule has 0 aliphatic carbocycles. The summed E-state index contributed by atoms with van der Waals surface area (Å²) < 4.78 is 5.01. The van der Waals surface area contributed by atoms with Gasteiger partial charge in [-0.2, -0.15) is 0 Å². The summed E-state index contributed by atoms with van der Waals surface area (Å²) in [5.41, 5.74) is 0. The van der Waals surface area contributed by atoms with E-state index < -0.39 is 0 Å². The van der Waals surface area contributed by atoms with Crippen molar-refractivity contribution < 1.29 is 14.3 Å². The van der Waals surface area contributed by atoms with Gasteiger partial charge >= 0.3 is 12.1 Å². The van der Waals surface area contributed by atoms with Crippen LogP contribution in [-0.4, -0.2) is 73.3 Å². The van der Waals surface area contributed by atoms with E-state index in [1.165, 1.54) is 12.8 Å². The van der Waals surface area contributed by atoms with Crippen LogP contribution in [0.1, 0.15) is 46.0 Å². The van der Waals surface area contributed by atoms with Crippen molar-refractivity contribution in [2.24, 2.45) is 0 Å². The zero-order valence-corrected chi connectivity index (χ0v) is 15.1. The Morgan fingerprint density at radius 2 is 1.83 bits per heavy atom. The van der Waals surface area contributed by atoms with Crippen molar-refractivity contribution in [2.75, 3.05) is 39.3 Å². The monoisotopic (exact) mass is 340 g/mol. The summed E-state index contributed by atoms with van der Waals surface area (Å²) in [5.74, 6) is 0. The zero-order chi connectivity index (χ0) is 17.4. The fourth-order valence-corrected chi connectivity index (χ4v) is 3.58. The molecule has 0 aromatic carbocycles. The van der Waals surface area contributed by atoms with Gasteiger partial charge in [0.1, 0.15) is 0 Å². The Hall–Kier alpha value is -1.50. The molecular weight excluding hydrogens is 308 g/mol. The number of nitrogens with one attached hydrogen (secondary N) is 2. The molecule has 0 aromatic heterocycles. The third-order valence-electron chi connectivity index (χ3n) is 5.01. The second kappa shape index (κ2) is 9.71. The van der Waals surface area contributed by atoms with E-state index in [9.17, 15) is 9.59 Å². The number of carbonyl (C=O) groups excluding carboxylic acids is 2. The number of likely N-dealkylation sites (N-methyl/N-ethyl adjacent to an activating group) is 1. The first-order chi connectivity index (χ1) is 11.6. The summed E-state index contributed by atoms with van der Waals surface area (Å²) in [7, 11) is 0. The second-order valence-electron chi connectivity index (χ2n) is 6.59. The smallest absolute Gasteiger partial charge is 0.409 e. The van der Waals surface area contributed by atoms with Gasteiger partial charge in [-0.1, -0.05) is 13.3 Å². The number of likely N-dealkylation sites (tertiary alicyclic amines) is 2. The fraction of sp³-hybridized carbons (Fsp3) is 0.882. The first-order valence-corrected chi connectivity index (χ1v) is 9.34. The lowest BCUT2D eigenvalue weighted by Gasteiger charge is -2.35. The van der Waals surface area contributed by atoms with E-state index >= 15 is 0 Å². The maximum absolute atomic E-state index is 12.1. The Balaban J connectivity index is 1.65. The maximum atomic E-state index is 12.1. The average molecular weight is 340 g/mol. The van der Waals surface area contributed by atoms with Crippen LogP contribution in [0.4, 0.5) is 9.59 Å². The minimum absolute atomic E-state index is 0.0915. The van der Waals surface area contributed by atoms with Crippen molar-refractivity contribution >= 4 is 12.1 Å². The predicted molar refractivity (Wildman–Crippen MR) is 93.0 cm³/mol. The van der Waals surface area contributed by atoms with Gasteiger partial charge in [-0.05, 0) is 45.7 Å². The first kappa shape index (κ1) is 18.8. The fourth-order valence-electron chi connectivity index (χ4n) is 3.58. The van der Waals surface area contributed by atoms with Gasteiger partial charge in [-0.15, -0.1) is 0 Å². The number of hydrogen-bond donors (Lipinski definition) is 2. The number of piperidine rings is 2. The van der Waals surface area contributed by atoms with Crippen molar-refractivity contribution in [1.29, 1.82) is 0 Å². The highest BCUT2D eigenvalue weighted by molar-refractivity contribution is 5.74. The van der Waals surface area contributed by atoms with E-state index in [-0.39, 0.29) is 18.2 Å². The van der Waals surface area contributed by atoms with E-state index in [0.717, 1.165) is 32.4 Å². The van der Waals surface area contributed by atoms with Gasteiger partial charge in [0, 0.05) is 31.7 Å². The zero-order valence-electron chi connectivity index (χ0n) is 15.1. The molecule has 0 bridgehead atoms. The number of carbonyl (C=O) groups is 2. The predicted octanol–water partition coefficient (Wildman–Crippen LogP) is 1.78. The van der Waals surface area contributed by atoms with Gasteiger partial charge in [0.15, 0.2) is 0 Å². The molecule has 2 aliphatic heterocycles. The van der Waals surface area contributed by atoms with E-state index in [2.05, 4.69) is 22.5 Å². The summed E-state index contributed by atoms with van der Waals surface area (Å²) in [4.78, 5) is 27.9. The molecule has 0 radical (unpaired) electrons. The third-order valence-corrected chi connectivity index (χ3v) is 5.01. The number of hydrogen-bond acceptors (Lipinski definition) is 4. The van der Waals surface area contributed by atoms with Crippen LogP contribution in [0.5, 0.6) is 0 Å². The normalized spacial score (nSPS) is 22.9. The summed E-state index contributed by atoms with van der Waals surface area (Å²) in [6.07, 6.45) is 4.96. The molecular formula is C17H32N4O3. The molecule has 138 valence electrons. The molecule has 0 spiro atoms. The molecule has 1 unspecified atom stereocenters. The van der Waals surface area contributed by atoms with Crippen molar-refractivity contribution in [3.05, 3.63) is 0 Å². The van der Waals surface area contributed by atoms with E-state index in [1.807, 2.05) is 6.92 Å². The van der Waals surface area contributed by atoms with Crippen LogP contribution in [0.2, 0.25) is 0 Å². The molecule has 2 fully saturated rings. The van der Waals surface area contributed by atoms with Crippen LogP contribution in [0.25, 0.3) is 0 Å². The second-order valence-corrected chi connectivity index (χ2v) is 6.59. The molecule has 2 rings (SSSR count). The average Bonchev–Trinajstić information content (AvgIpc) is 2.61. The summed E-state index contributed by atoms with van der Waals surface area (Å²) in [5, 5.41) is 6.06. The van der Waals surface area contributed by atoms with Crippen LogP contribution in [0, 0.1) is 0 Å². The van der Waals surface area contributed by atoms with E-state index in [0.29, 0.717) is 32.3 Å². The van der Waals surface area contributed by atoms with Crippen molar-refractivity contribution in [3.8, 4) is 0 Å². The number of amides is 3. The van der Waals surface area contributed by atoms with Crippen LogP contribution < -0.4 is 10.6 Å². The number of rotatable bonds is 5. The van der Waals surface area contributed by atoms with Gasteiger partial charge in [0.2, 0.25) is 0 Å². The molecule has 2 saturated heterocycles. The largest absolute Gasteiger partial charge is 0.450 e. The molecule has 1 atom stereocenters. The van der Waals surface area contributed by atoms with Crippen molar-refractivity contribution in [1.82, 2.24) is 20.4 Å². The van der Waals surface area contributed by atoms with Crippen LogP contribution >= 0.6 is 0 Å². The molecule has 2 N–H and O–H groups in total. The molecule has 2 aliphatic rings. The minimum Gasteiger partial charge on any atom is -0.450 e. The number of nitrogens with zero attached hydrogens (tertiary/aromatic N) is 2. The number of urea groups is 1. The Labute approximate surface area is 145 Å². The highest BCUT2D eigenvalue weighted by Gasteiger charge is 2.25. The lowest BCUT2D eigenvalue weighted by Crippen LogP contribution is -2.52. The summed E-state index contributed by atoms with van der Waals surface area (Å²) in [6.45, 7) is 8.54. The highest BCUT2D eigenvalue weighted by atomic mass is 16.6. The van der Waals surface area contributed by atoms with E-state index in [4.69, 9.17) is 4.74 Å².